The summed E-state index contributed by atoms with van der Waals surface area (Å²) in [5.74, 6) is -0.0436. The summed E-state index contributed by atoms with van der Waals surface area (Å²) in [5.41, 5.74) is 2.84. The number of carbonyl (C=O) groups is 1. The smallest absolute Gasteiger partial charge is 0.290 e. The zero-order valence-corrected chi connectivity index (χ0v) is 17.0. The van der Waals surface area contributed by atoms with Crippen molar-refractivity contribution in [1.82, 2.24) is 9.80 Å². The molecule has 0 saturated carbocycles. The van der Waals surface area contributed by atoms with Gasteiger partial charge in [0.1, 0.15) is 5.58 Å². The van der Waals surface area contributed by atoms with E-state index < -0.39 is 6.04 Å². The fourth-order valence-corrected chi connectivity index (χ4v) is 4.37. The normalized spacial score (nSPS) is 19.4. The predicted molar refractivity (Wildman–Crippen MR) is 114 cm³/mol. The summed E-state index contributed by atoms with van der Waals surface area (Å²) < 4.78 is 11.4. The quantitative estimate of drug-likeness (QED) is 0.669. The molecule has 3 heterocycles. The molecule has 0 spiro atoms. The van der Waals surface area contributed by atoms with Crippen LogP contribution in [0.1, 0.15) is 33.3 Å². The molecule has 1 atom stereocenters. The van der Waals surface area contributed by atoms with Gasteiger partial charge in [0, 0.05) is 26.2 Å². The molecule has 1 aromatic heterocycles. The van der Waals surface area contributed by atoms with Gasteiger partial charge in [-0.15, -0.1) is 0 Å². The first-order chi connectivity index (χ1) is 14.6. The minimum atomic E-state index is -0.435. The standard InChI is InChI=1S/C24H24N2O4/c1-16-6-8-17(9-7-16)21-20-22(27)18-4-2-3-5-19(18)30-23(20)24(28)26(21)11-10-25-12-14-29-15-13-25/h2-9,21H,10-15H2,1H3/t21-/m1/s1. The van der Waals surface area contributed by atoms with E-state index in [0.717, 1.165) is 30.8 Å². The van der Waals surface area contributed by atoms with Crippen LogP contribution >= 0.6 is 0 Å². The van der Waals surface area contributed by atoms with E-state index >= 15 is 0 Å². The lowest BCUT2D eigenvalue weighted by Crippen LogP contribution is -2.42. The van der Waals surface area contributed by atoms with Crippen LogP contribution in [-0.2, 0) is 4.74 Å². The molecule has 154 valence electrons. The first-order valence-corrected chi connectivity index (χ1v) is 10.4. The number of rotatable bonds is 4. The van der Waals surface area contributed by atoms with Crippen LogP contribution < -0.4 is 5.43 Å². The molecule has 2 aromatic carbocycles. The molecular formula is C24H24N2O4. The van der Waals surface area contributed by atoms with E-state index in [0.29, 0.717) is 36.3 Å². The molecule has 5 rings (SSSR count). The molecule has 2 aliphatic heterocycles. The number of benzene rings is 2. The minimum absolute atomic E-state index is 0.125. The van der Waals surface area contributed by atoms with Gasteiger partial charge in [-0.1, -0.05) is 42.0 Å². The first-order valence-electron chi connectivity index (χ1n) is 10.4. The fraction of sp³-hybridized carbons (Fsp3) is 0.333. The molecule has 0 radical (unpaired) electrons. The van der Waals surface area contributed by atoms with Crippen LogP contribution in [0.25, 0.3) is 11.0 Å². The largest absolute Gasteiger partial charge is 0.450 e. The van der Waals surface area contributed by atoms with Gasteiger partial charge in [-0.2, -0.15) is 0 Å². The van der Waals surface area contributed by atoms with Crippen molar-refractivity contribution in [2.24, 2.45) is 0 Å². The van der Waals surface area contributed by atoms with Gasteiger partial charge in [0.05, 0.1) is 30.2 Å². The van der Waals surface area contributed by atoms with E-state index in [1.807, 2.05) is 43.3 Å². The number of hydrogen-bond acceptors (Lipinski definition) is 5. The predicted octanol–water partition coefficient (Wildman–Crippen LogP) is 2.98. The highest BCUT2D eigenvalue weighted by Gasteiger charge is 2.42. The molecule has 3 aromatic rings. The maximum Gasteiger partial charge on any atom is 0.290 e. The Hall–Kier alpha value is -2.96. The average Bonchev–Trinajstić information content (AvgIpc) is 3.06. The number of fused-ring (bicyclic) bond motifs is 2. The van der Waals surface area contributed by atoms with E-state index in [9.17, 15) is 9.59 Å². The Balaban J connectivity index is 1.59. The third kappa shape index (κ3) is 3.22. The van der Waals surface area contributed by atoms with Gasteiger partial charge in [-0.25, -0.2) is 0 Å². The highest BCUT2D eigenvalue weighted by atomic mass is 16.5. The molecule has 0 aliphatic carbocycles. The summed E-state index contributed by atoms with van der Waals surface area (Å²) in [5, 5.41) is 0.510. The summed E-state index contributed by atoms with van der Waals surface area (Å²) in [6, 6.07) is 14.7. The number of ether oxygens (including phenoxy) is 1. The number of para-hydroxylation sites is 1. The van der Waals surface area contributed by atoms with E-state index in [2.05, 4.69) is 4.90 Å². The van der Waals surface area contributed by atoms with Gasteiger partial charge in [0.25, 0.3) is 5.91 Å². The van der Waals surface area contributed by atoms with Crippen LogP contribution in [0.5, 0.6) is 0 Å². The van der Waals surface area contributed by atoms with E-state index in [1.165, 1.54) is 0 Å². The average molecular weight is 404 g/mol. The molecule has 2 aliphatic rings. The molecule has 6 nitrogen and oxygen atoms in total. The van der Waals surface area contributed by atoms with Crippen LogP contribution in [0.15, 0.2) is 57.7 Å². The number of hydrogen-bond donors (Lipinski definition) is 0. The van der Waals surface area contributed by atoms with Gasteiger partial charge in [0.15, 0.2) is 5.43 Å². The summed E-state index contributed by atoms with van der Waals surface area (Å²) in [6.07, 6.45) is 0. The molecule has 0 N–H and O–H groups in total. The Morgan fingerprint density at radius 2 is 1.70 bits per heavy atom. The van der Waals surface area contributed by atoms with Crippen LogP contribution in [0, 0.1) is 6.92 Å². The highest BCUT2D eigenvalue weighted by Crippen LogP contribution is 2.38. The van der Waals surface area contributed by atoms with Crippen LogP contribution in [0.4, 0.5) is 0 Å². The molecule has 1 fully saturated rings. The maximum atomic E-state index is 13.4. The Kier molecular flexibility index (Phi) is 4.89. The van der Waals surface area contributed by atoms with Gasteiger partial charge in [-0.3, -0.25) is 14.5 Å². The number of morpholine rings is 1. The van der Waals surface area contributed by atoms with E-state index in [4.69, 9.17) is 9.15 Å². The molecule has 1 amide bonds. The lowest BCUT2D eigenvalue weighted by Gasteiger charge is -2.31. The highest BCUT2D eigenvalue weighted by molar-refractivity contribution is 5.99. The zero-order valence-electron chi connectivity index (χ0n) is 17.0. The topological polar surface area (TPSA) is 63.0 Å². The maximum absolute atomic E-state index is 13.4. The SMILES string of the molecule is Cc1ccc([C@@H]2c3c(oc4ccccc4c3=O)C(=O)N2CCN2CCOCC2)cc1. The lowest BCUT2D eigenvalue weighted by molar-refractivity contribution is 0.0314. The van der Waals surface area contributed by atoms with Crippen LogP contribution in [0.2, 0.25) is 0 Å². The van der Waals surface area contributed by atoms with Gasteiger partial charge in [0.2, 0.25) is 5.76 Å². The Morgan fingerprint density at radius 3 is 2.47 bits per heavy atom. The molecule has 30 heavy (non-hydrogen) atoms. The number of aryl methyl sites for hydroxylation is 1. The summed E-state index contributed by atoms with van der Waals surface area (Å²) in [6.45, 7) is 6.41. The van der Waals surface area contributed by atoms with E-state index in [-0.39, 0.29) is 17.1 Å². The van der Waals surface area contributed by atoms with Gasteiger partial charge >= 0.3 is 0 Å². The van der Waals surface area contributed by atoms with Crippen molar-refractivity contribution in [3.8, 4) is 0 Å². The molecule has 0 bridgehead atoms. The summed E-state index contributed by atoms with van der Waals surface area (Å²) in [7, 11) is 0. The van der Waals surface area contributed by atoms with E-state index in [1.54, 1.807) is 17.0 Å². The third-order valence-electron chi connectivity index (χ3n) is 6.03. The number of nitrogens with zero attached hydrogens (tertiary/aromatic N) is 2. The van der Waals surface area contributed by atoms with Crippen molar-refractivity contribution in [1.29, 1.82) is 0 Å². The lowest BCUT2D eigenvalue weighted by atomic mass is 9.98. The monoisotopic (exact) mass is 404 g/mol. The van der Waals surface area contributed by atoms with Crippen molar-refractivity contribution in [2.45, 2.75) is 13.0 Å². The molecule has 6 heteroatoms. The van der Waals surface area contributed by atoms with Gasteiger partial charge < -0.3 is 14.1 Å². The van der Waals surface area contributed by atoms with Crippen LogP contribution in [-0.4, -0.2) is 55.1 Å². The summed E-state index contributed by atoms with van der Waals surface area (Å²) in [4.78, 5) is 30.8. The fourth-order valence-electron chi connectivity index (χ4n) is 4.37. The second-order valence-electron chi connectivity index (χ2n) is 7.94. The second kappa shape index (κ2) is 7.70. The minimum Gasteiger partial charge on any atom is -0.450 e. The van der Waals surface area contributed by atoms with Crippen molar-refractivity contribution >= 4 is 16.9 Å². The van der Waals surface area contributed by atoms with Crippen molar-refractivity contribution < 1.29 is 13.9 Å². The Labute approximate surface area is 174 Å². The Morgan fingerprint density at radius 1 is 0.967 bits per heavy atom. The molecule has 1 saturated heterocycles. The first kappa shape index (κ1) is 19.0. The molecular weight excluding hydrogens is 380 g/mol. The second-order valence-corrected chi connectivity index (χ2v) is 7.94. The van der Waals surface area contributed by atoms with Gasteiger partial charge in [-0.05, 0) is 24.6 Å². The van der Waals surface area contributed by atoms with Crippen LogP contribution in [0.3, 0.4) is 0 Å². The van der Waals surface area contributed by atoms with Crippen molar-refractivity contribution in [3.63, 3.8) is 0 Å². The molecule has 0 unspecified atom stereocenters. The third-order valence-corrected chi connectivity index (χ3v) is 6.03. The number of carbonyl (C=O) groups excluding carboxylic acids is 1. The Bertz CT molecular complexity index is 1150. The summed E-state index contributed by atoms with van der Waals surface area (Å²) >= 11 is 0. The van der Waals surface area contributed by atoms with Crippen molar-refractivity contribution in [2.75, 3.05) is 39.4 Å². The zero-order chi connectivity index (χ0) is 20.7. The van der Waals surface area contributed by atoms with Crippen molar-refractivity contribution in [3.05, 3.63) is 81.2 Å². The number of amides is 1.